The Morgan fingerprint density at radius 3 is 2.68 bits per heavy atom. The Bertz CT molecular complexity index is 444. The smallest absolute Gasteiger partial charge is 0.227 e. The van der Waals surface area contributed by atoms with Crippen LogP contribution in [0.15, 0.2) is 24.3 Å². The van der Waals surface area contributed by atoms with Gasteiger partial charge in [-0.15, -0.1) is 0 Å². The molecule has 0 aromatic heterocycles. The van der Waals surface area contributed by atoms with Gasteiger partial charge in [-0.25, -0.2) is 0 Å². The minimum absolute atomic E-state index is 0.236. The third-order valence-corrected chi connectivity index (χ3v) is 4.37. The van der Waals surface area contributed by atoms with Gasteiger partial charge in [-0.05, 0) is 36.8 Å². The van der Waals surface area contributed by atoms with E-state index >= 15 is 0 Å². The molecular formula is C16H24N2O. The molecule has 19 heavy (non-hydrogen) atoms. The Kier molecular flexibility index (Phi) is 4.59. The molecule has 0 radical (unpaired) electrons. The van der Waals surface area contributed by atoms with E-state index in [4.69, 9.17) is 5.73 Å². The van der Waals surface area contributed by atoms with Crippen LogP contribution in [0.3, 0.4) is 0 Å². The summed E-state index contributed by atoms with van der Waals surface area (Å²) < 4.78 is 0. The van der Waals surface area contributed by atoms with Gasteiger partial charge in [0.2, 0.25) is 5.91 Å². The minimum Gasteiger partial charge on any atom is -0.339 e. The molecule has 0 bridgehead atoms. The molecule has 1 aromatic carbocycles. The third kappa shape index (κ3) is 3.16. The minimum atomic E-state index is 0.236. The number of carbonyl (C=O) groups excluding carboxylic acids is 1. The van der Waals surface area contributed by atoms with Crippen molar-refractivity contribution in [1.29, 1.82) is 0 Å². The normalized spacial score (nSPS) is 23.4. The van der Waals surface area contributed by atoms with Crippen molar-refractivity contribution in [2.75, 3.05) is 6.54 Å². The maximum atomic E-state index is 12.5. The summed E-state index contributed by atoms with van der Waals surface area (Å²) in [6.07, 6.45) is 2.82. The second-order valence-corrected chi connectivity index (χ2v) is 5.60. The second-order valence-electron chi connectivity index (χ2n) is 5.60. The first-order valence-corrected chi connectivity index (χ1v) is 7.19. The quantitative estimate of drug-likeness (QED) is 0.906. The number of piperidine rings is 1. The van der Waals surface area contributed by atoms with Gasteiger partial charge in [0, 0.05) is 19.1 Å². The largest absolute Gasteiger partial charge is 0.339 e. The molecule has 2 N–H and O–H groups in total. The van der Waals surface area contributed by atoms with Crippen molar-refractivity contribution < 1.29 is 4.79 Å². The Balaban J connectivity index is 2.08. The van der Waals surface area contributed by atoms with Gasteiger partial charge >= 0.3 is 0 Å². The van der Waals surface area contributed by atoms with E-state index in [2.05, 4.69) is 13.8 Å². The SMILES string of the molecule is CC1CCCN(C(=O)Cc2ccccc2CN)C1C. The number of amides is 1. The van der Waals surface area contributed by atoms with E-state index in [0.717, 1.165) is 24.1 Å². The van der Waals surface area contributed by atoms with Crippen LogP contribution in [0.5, 0.6) is 0 Å². The van der Waals surface area contributed by atoms with E-state index in [1.165, 1.54) is 6.42 Å². The zero-order valence-electron chi connectivity index (χ0n) is 11.9. The highest BCUT2D eigenvalue weighted by molar-refractivity contribution is 5.79. The van der Waals surface area contributed by atoms with Crippen LogP contribution in [0, 0.1) is 5.92 Å². The first kappa shape index (κ1) is 14.1. The number of nitrogens with zero attached hydrogens (tertiary/aromatic N) is 1. The highest BCUT2D eigenvalue weighted by Crippen LogP contribution is 2.23. The number of benzene rings is 1. The molecule has 0 spiro atoms. The van der Waals surface area contributed by atoms with E-state index in [9.17, 15) is 4.79 Å². The molecule has 0 aliphatic carbocycles. The van der Waals surface area contributed by atoms with Crippen molar-refractivity contribution in [2.24, 2.45) is 11.7 Å². The number of likely N-dealkylation sites (tertiary alicyclic amines) is 1. The molecule has 2 atom stereocenters. The van der Waals surface area contributed by atoms with Crippen LogP contribution in [-0.2, 0) is 17.8 Å². The highest BCUT2D eigenvalue weighted by Gasteiger charge is 2.28. The highest BCUT2D eigenvalue weighted by atomic mass is 16.2. The monoisotopic (exact) mass is 260 g/mol. The number of hydrogen-bond acceptors (Lipinski definition) is 2. The molecule has 3 heteroatoms. The summed E-state index contributed by atoms with van der Waals surface area (Å²) in [5, 5.41) is 0. The van der Waals surface area contributed by atoms with Gasteiger partial charge in [0.15, 0.2) is 0 Å². The third-order valence-electron chi connectivity index (χ3n) is 4.37. The van der Waals surface area contributed by atoms with Gasteiger partial charge < -0.3 is 10.6 Å². The lowest BCUT2D eigenvalue weighted by atomic mass is 9.91. The Hall–Kier alpha value is -1.35. The van der Waals surface area contributed by atoms with Crippen molar-refractivity contribution in [3.63, 3.8) is 0 Å². The van der Waals surface area contributed by atoms with Crippen LogP contribution >= 0.6 is 0 Å². The molecule has 2 rings (SSSR count). The molecule has 1 aromatic rings. The molecule has 1 fully saturated rings. The first-order chi connectivity index (χ1) is 9.13. The molecule has 1 aliphatic heterocycles. The van der Waals surface area contributed by atoms with E-state index in [1.54, 1.807) is 0 Å². The fourth-order valence-electron chi connectivity index (χ4n) is 2.88. The Morgan fingerprint density at radius 1 is 1.32 bits per heavy atom. The zero-order chi connectivity index (χ0) is 13.8. The maximum Gasteiger partial charge on any atom is 0.227 e. The lowest BCUT2D eigenvalue weighted by Crippen LogP contribution is -2.46. The van der Waals surface area contributed by atoms with Crippen molar-refractivity contribution in [1.82, 2.24) is 4.90 Å². The predicted octanol–water partition coefficient (Wildman–Crippen LogP) is 2.33. The molecule has 1 amide bonds. The second kappa shape index (κ2) is 6.20. The molecule has 1 heterocycles. The van der Waals surface area contributed by atoms with E-state index in [1.807, 2.05) is 29.2 Å². The van der Waals surface area contributed by atoms with Gasteiger partial charge in [0.05, 0.1) is 6.42 Å². The number of rotatable bonds is 3. The average Bonchev–Trinajstić information content (AvgIpc) is 2.42. The zero-order valence-corrected chi connectivity index (χ0v) is 11.9. The molecular weight excluding hydrogens is 236 g/mol. The molecule has 104 valence electrons. The first-order valence-electron chi connectivity index (χ1n) is 7.19. The van der Waals surface area contributed by atoms with Crippen LogP contribution < -0.4 is 5.73 Å². The van der Waals surface area contributed by atoms with Crippen LogP contribution in [0.4, 0.5) is 0 Å². The van der Waals surface area contributed by atoms with Crippen LogP contribution in [0.2, 0.25) is 0 Å². The van der Waals surface area contributed by atoms with Gasteiger partial charge in [0.25, 0.3) is 0 Å². The van der Waals surface area contributed by atoms with E-state index < -0.39 is 0 Å². The molecule has 1 saturated heterocycles. The average molecular weight is 260 g/mol. The van der Waals surface area contributed by atoms with E-state index in [-0.39, 0.29) is 5.91 Å². The molecule has 3 nitrogen and oxygen atoms in total. The summed E-state index contributed by atoms with van der Waals surface area (Å²) in [7, 11) is 0. The van der Waals surface area contributed by atoms with Crippen LogP contribution in [-0.4, -0.2) is 23.4 Å². The maximum absolute atomic E-state index is 12.5. The van der Waals surface area contributed by atoms with Crippen molar-refractivity contribution in [2.45, 2.75) is 45.7 Å². The summed E-state index contributed by atoms with van der Waals surface area (Å²) in [4.78, 5) is 14.5. The van der Waals surface area contributed by atoms with Crippen LogP contribution in [0.25, 0.3) is 0 Å². The van der Waals surface area contributed by atoms with Gasteiger partial charge in [-0.3, -0.25) is 4.79 Å². The summed E-state index contributed by atoms with van der Waals surface area (Å²) in [5.74, 6) is 0.836. The summed E-state index contributed by atoms with van der Waals surface area (Å²) >= 11 is 0. The molecule has 2 unspecified atom stereocenters. The van der Waals surface area contributed by atoms with E-state index in [0.29, 0.717) is 24.9 Å². The topological polar surface area (TPSA) is 46.3 Å². The Labute approximate surface area is 115 Å². The summed E-state index contributed by atoms with van der Waals surface area (Å²) in [6, 6.07) is 8.32. The fraction of sp³-hybridized carbons (Fsp3) is 0.562. The summed E-state index contributed by atoms with van der Waals surface area (Å²) in [6.45, 7) is 5.79. The van der Waals surface area contributed by atoms with Gasteiger partial charge in [-0.1, -0.05) is 31.2 Å². The standard InChI is InChI=1S/C16H24N2O/c1-12-6-5-9-18(13(12)2)16(19)10-14-7-3-4-8-15(14)11-17/h3-4,7-8,12-13H,5-6,9-11,17H2,1-2H3. The predicted molar refractivity (Wildman–Crippen MR) is 77.6 cm³/mol. The number of nitrogens with two attached hydrogens (primary N) is 1. The number of hydrogen-bond donors (Lipinski definition) is 1. The van der Waals surface area contributed by atoms with Gasteiger partial charge in [0.1, 0.15) is 0 Å². The van der Waals surface area contributed by atoms with Gasteiger partial charge in [-0.2, -0.15) is 0 Å². The van der Waals surface area contributed by atoms with Crippen molar-refractivity contribution in [3.05, 3.63) is 35.4 Å². The van der Waals surface area contributed by atoms with Crippen molar-refractivity contribution >= 4 is 5.91 Å². The lowest BCUT2D eigenvalue weighted by Gasteiger charge is -2.38. The van der Waals surface area contributed by atoms with Crippen LogP contribution in [0.1, 0.15) is 37.8 Å². The summed E-state index contributed by atoms with van der Waals surface area (Å²) in [5.41, 5.74) is 7.88. The number of carbonyl (C=O) groups is 1. The molecule has 0 saturated carbocycles. The van der Waals surface area contributed by atoms with Crippen molar-refractivity contribution in [3.8, 4) is 0 Å². The lowest BCUT2D eigenvalue weighted by molar-refractivity contribution is -0.135. The molecule has 1 aliphatic rings. The Morgan fingerprint density at radius 2 is 2.00 bits per heavy atom. The fourth-order valence-corrected chi connectivity index (χ4v) is 2.88.